The van der Waals surface area contributed by atoms with Crippen molar-refractivity contribution in [1.29, 1.82) is 0 Å². The fraction of sp³-hybridized carbons (Fsp3) is 0.619. The van der Waals surface area contributed by atoms with Crippen LogP contribution >= 0.6 is 0 Å². The maximum Gasteiger partial charge on any atom is 0.305 e. The zero-order chi connectivity index (χ0) is 20.8. The van der Waals surface area contributed by atoms with Gasteiger partial charge in [0.2, 0.25) is 0 Å². The summed E-state index contributed by atoms with van der Waals surface area (Å²) in [6.45, 7) is 0.865. The molecule has 0 radical (unpaired) electrons. The molecule has 1 spiro atoms. The van der Waals surface area contributed by atoms with Crippen molar-refractivity contribution in [2.75, 3.05) is 34.5 Å². The number of benzene rings is 1. The number of phenolic OH excluding ortho intramolecular Hbond substituents is 1. The Labute approximate surface area is 169 Å². The molecule has 1 aromatic carbocycles. The van der Waals surface area contributed by atoms with E-state index in [0.29, 0.717) is 37.4 Å². The smallest absolute Gasteiger partial charge is 0.305 e. The number of carbonyl (C=O) groups is 2. The van der Waals surface area contributed by atoms with E-state index in [1.807, 2.05) is 0 Å². The van der Waals surface area contributed by atoms with Crippen molar-refractivity contribution in [2.24, 2.45) is 11.8 Å². The van der Waals surface area contributed by atoms with Crippen LogP contribution in [0.2, 0.25) is 0 Å². The van der Waals surface area contributed by atoms with Crippen molar-refractivity contribution in [3.63, 3.8) is 0 Å². The van der Waals surface area contributed by atoms with Crippen molar-refractivity contribution in [2.45, 2.75) is 37.4 Å². The van der Waals surface area contributed by atoms with Crippen LogP contribution in [0.1, 0.15) is 47.5 Å². The minimum Gasteiger partial charge on any atom is -0.504 e. The molecule has 0 aromatic heterocycles. The molecule has 1 aromatic rings. The summed E-state index contributed by atoms with van der Waals surface area (Å²) in [5.41, 5.74) is 0.817. The first-order chi connectivity index (χ1) is 13.9. The van der Waals surface area contributed by atoms with Gasteiger partial charge in [0.05, 0.1) is 40.1 Å². The Kier molecular flexibility index (Phi) is 5.16. The first kappa shape index (κ1) is 20.0. The SMILES string of the molecule is COC(=O)CC1CC2CC(=O)c3c(O)c(OC)cc(OC)c3C2C2(C1)OCCO2. The van der Waals surface area contributed by atoms with Gasteiger partial charge >= 0.3 is 5.97 Å². The molecule has 2 aliphatic carbocycles. The highest BCUT2D eigenvalue weighted by atomic mass is 16.7. The van der Waals surface area contributed by atoms with E-state index >= 15 is 0 Å². The highest BCUT2D eigenvalue weighted by molar-refractivity contribution is 6.03. The van der Waals surface area contributed by atoms with E-state index in [0.717, 1.165) is 0 Å². The lowest BCUT2D eigenvalue weighted by molar-refractivity contribution is -0.215. The standard InChI is InChI=1S/C21H26O8/c1-25-14-9-15(26-2)20(24)17-13(22)8-12-6-11(7-16(23)27-3)10-21(19(12)18(14)17)28-4-5-29-21/h9,11-12,19,24H,4-8,10H2,1-3H3. The molecule has 8 heteroatoms. The van der Waals surface area contributed by atoms with E-state index < -0.39 is 5.79 Å². The average molecular weight is 406 g/mol. The molecular formula is C21H26O8. The molecule has 0 bridgehead atoms. The Hall–Kier alpha value is -2.32. The van der Waals surface area contributed by atoms with Crippen LogP contribution in [0.5, 0.6) is 17.2 Å². The maximum absolute atomic E-state index is 13.0. The highest BCUT2D eigenvalue weighted by Gasteiger charge is 2.57. The van der Waals surface area contributed by atoms with Crippen molar-refractivity contribution < 1.29 is 38.4 Å². The molecule has 1 saturated heterocycles. The van der Waals surface area contributed by atoms with E-state index in [1.165, 1.54) is 21.3 Å². The van der Waals surface area contributed by atoms with E-state index in [4.69, 9.17) is 23.7 Å². The molecule has 158 valence electrons. The number of ether oxygens (including phenoxy) is 5. The second-order valence-electron chi connectivity index (χ2n) is 7.88. The summed E-state index contributed by atoms with van der Waals surface area (Å²) in [6.07, 6.45) is 1.65. The third kappa shape index (κ3) is 3.14. The number of methoxy groups -OCH3 is 3. The van der Waals surface area contributed by atoms with E-state index in [1.54, 1.807) is 6.07 Å². The van der Waals surface area contributed by atoms with Gasteiger partial charge in [-0.1, -0.05) is 0 Å². The summed E-state index contributed by atoms with van der Waals surface area (Å²) >= 11 is 0. The second kappa shape index (κ2) is 7.50. The predicted molar refractivity (Wildman–Crippen MR) is 100 cm³/mol. The van der Waals surface area contributed by atoms with Gasteiger partial charge in [-0.3, -0.25) is 9.59 Å². The van der Waals surface area contributed by atoms with Gasteiger partial charge in [-0.2, -0.15) is 0 Å². The molecular weight excluding hydrogens is 380 g/mol. The zero-order valence-corrected chi connectivity index (χ0v) is 16.9. The number of fused-ring (bicyclic) bond motifs is 4. The van der Waals surface area contributed by atoms with E-state index in [2.05, 4.69) is 0 Å². The van der Waals surface area contributed by atoms with E-state index in [9.17, 15) is 14.7 Å². The summed E-state index contributed by atoms with van der Waals surface area (Å²) in [4.78, 5) is 24.9. The summed E-state index contributed by atoms with van der Waals surface area (Å²) in [7, 11) is 4.32. The van der Waals surface area contributed by atoms with Crippen molar-refractivity contribution >= 4 is 11.8 Å². The topological polar surface area (TPSA) is 101 Å². The average Bonchev–Trinajstić information content (AvgIpc) is 3.15. The fourth-order valence-corrected chi connectivity index (χ4v) is 5.33. The molecule has 3 unspecified atom stereocenters. The van der Waals surface area contributed by atoms with Crippen LogP contribution in [0, 0.1) is 11.8 Å². The van der Waals surface area contributed by atoms with Crippen LogP contribution in [0.3, 0.4) is 0 Å². The lowest BCUT2D eigenvalue weighted by Crippen LogP contribution is -2.50. The van der Waals surface area contributed by atoms with Gasteiger partial charge in [0.25, 0.3) is 0 Å². The van der Waals surface area contributed by atoms with Gasteiger partial charge in [-0.15, -0.1) is 0 Å². The van der Waals surface area contributed by atoms with Gasteiger partial charge < -0.3 is 28.8 Å². The van der Waals surface area contributed by atoms with Gasteiger partial charge in [0, 0.05) is 36.8 Å². The molecule has 0 amide bonds. The number of hydrogen-bond donors (Lipinski definition) is 1. The van der Waals surface area contributed by atoms with Gasteiger partial charge in [0.1, 0.15) is 5.75 Å². The van der Waals surface area contributed by atoms with Crippen LogP contribution in [-0.2, 0) is 19.0 Å². The molecule has 2 fully saturated rings. The highest BCUT2D eigenvalue weighted by Crippen LogP contribution is 2.59. The second-order valence-corrected chi connectivity index (χ2v) is 7.88. The Morgan fingerprint density at radius 2 is 1.90 bits per heavy atom. The predicted octanol–water partition coefficient (Wildman–Crippen LogP) is 2.41. The molecule has 1 saturated carbocycles. The molecule has 1 N–H and O–H groups in total. The van der Waals surface area contributed by atoms with Gasteiger partial charge in [-0.25, -0.2) is 0 Å². The maximum atomic E-state index is 13.0. The van der Waals surface area contributed by atoms with Crippen molar-refractivity contribution in [3.05, 3.63) is 17.2 Å². The fourth-order valence-electron chi connectivity index (χ4n) is 5.33. The third-order valence-electron chi connectivity index (χ3n) is 6.36. The number of phenols is 1. The number of carbonyl (C=O) groups excluding carboxylic acids is 2. The molecule has 3 atom stereocenters. The zero-order valence-electron chi connectivity index (χ0n) is 16.9. The number of rotatable bonds is 4. The van der Waals surface area contributed by atoms with Crippen LogP contribution in [0.4, 0.5) is 0 Å². The molecule has 1 aliphatic heterocycles. The number of ketones is 1. The number of Topliss-reactive ketones (excluding diaryl/α,β-unsaturated/α-hetero) is 1. The van der Waals surface area contributed by atoms with Gasteiger partial charge in [-0.05, 0) is 18.3 Å². The Balaban J connectivity index is 1.84. The molecule has 1 heterocycles. The molecule has 8 nitrogen and oxygen atoms in total. The number of esters is 1. The van der Waals surface area contributed by atoms with E-state index in [-0.39, 0.29) is 59.4 Å². The number of hydrogen-bond acceptors (Lipinski definition) is 8. The van der Waals surface area contributed by atoms with Gasteiger partial charge in [0.15, 0.2) is 23.1 Å². The Bertz CT molecular complexity index is 826. The minimum absolute atomic E-state index is 0.0195. The van der Waals surface area contributed by atoms with Crippen molar-refractivity contribution in [3.8, 4) is 17.2 Å². The monoisotopic (exact) mass is 406 g/mol. The first-order valence-corrected chi connectivity index (χ1v) is 9.79. The summed E-state index contributed by atoms with van der Waals surface area (Å²) in [5, 5.41) is 10.7. The van der Waals surface area contributed by atoms with Crippen LogP contribution < -0.4 is 9.47 Å². The summed E-state index contributed by atoms with van der Waals surface area (Å²) in [6, 6.07) is 1.59. The van der Waals surface area contributed by atoms with Crippen LogP contribution in [0.25, 0.3) is 0 Å². The summed E-state index contributed by atoms with van der Waals surface area (Å²) < 4.78 is 27.9. The van der Waals surface area contributed by atoms with Crippen LogP contribution in [-0.4, -0.2) is 57.2 Å². The largest absolute Gasteiger partial charge is 0.504 e. The molecule has 4 rings (SSSR count). The quantitative estimate of drug-likeness (QED) is 0.761. The lowest BCUT2D eigenvalue weighted by atomic mass is 9.61. The minimum atomic E-state index is -0.967. The Morgan fingerprint density at radius 3 is 2.52 bits per heavy atom. The lowest BCUT2D eigenvalue weighted by Gasteiger charge is -2.49. The first-order valence-electron chi connectivity index (χ1n) is 9.79. The number of aromatic hydroxyl groups is 1. The molecule has 3 aliphatic rings. The van der Waals surface area contributed by atoms with Crippen LogP contribution in [0.15, 0.2) is 6.07 Å². The Morgan fingerprint density at radius 1 is 1.21 bits per heavy atom. The van der Waals surface area contributed by atoms with Crippen molar-refractivity contribution in [1.82, 2.24) is 0 Å². The molecule has 29 heavy (non-hydrogen) atoms. The normalized spacial score (nSPS) is 27.3. The summed E-state index contributed by atoms with van der Waals surface area (Å²) in [5.74, 6) is -1.38. The third-order valence-corrected chi connectivity index (χ3v) is 6.36.